The number of hydrogen-bond donors (Lipinski definition) is 2. The van der Waals surface area contributed by atoms with Crippen molar-refractivity contribution in [1.29, 1.82) is 0 Å². The number of halogens is 1. The predicted molar refractivity (Wildman–Crippen MR) is 108 cm³/mol. The van der Waals surface area contributed by atoms with Crippen LogP contribution in [0, 0.1) is 5.82 Å². The first kappa shape index (κ1) is 18.4. The lowest BCUT2D eigenvalue weighted by molar-refractivity contribution is 0.0695. The van der Waals surface area contributed by atoms with Gasteiger partial charge in [-0.2, -0.15) is 0 Å². The Morgan fingerprint density at radius 1 is 1.14 bits per heavy atom. The van der Waals surface area contributed by atoms with Gasteiger partial charge in [-0.15, -0.1) is 0 Å². The summed E-state index contributed by atoms with van der Waals surface area (Å²) in [7, 11) is 0. The Morgan fingerprint density at radius 3 is 2.62 bits per heavy atom. The minimum absolute atomic E-state index is 0.0224. The average molecular weight is 389 g/mol. The summed E-state index contributed by atoms with van der Waals surface area (Å²) >= 11 is 0. The lowest BCUT2D eigenvalue weighted by Crippen LogP contribution is -2.20. The number of fused-ring (bicyclic) bond motifs is 1. The quantitative estimate of drug-likeness (QED) is 0.520. The van der Waals surface area contributed by atoms with Gasteiger partial charge in [-0.05, 0) is 35.9 Å². The fraction of sp³-hybridized carbons (Fsp3) is 0.0455. The van der Waals surface area contributed by atoms with Crippen molar-refractivity contribution < 1.29 is 14.3 Å². The number of rotatable bonds is 4. The number of pyridine rings is 2. The number of carbonyl (C=O) groups is 1. The van der Waals surface area contributed by atoms with Crippen molar-refractivity contribution in [3.63, 3.8) is 0 Å². The number of benzene rings is 2. The van der Waals surface area contributed by atoms with Crippen LogP contribution in [0.1, 0.15) is 15.9 Å². The Bertz CT molecular complexity index is 1300. The third kappa shape index (κ3) is 3.45. The van der Waals surface area contributed by atoms with Crippen LogP contribution in [0.15, 0.2) is 71.8 Å². The molecule has 0 aliphatic rings. The first-order chi connectivity index (χ1) is 13.9. The number of nitrogens with zero attached hydrogens (tertiary/aromatic N) is 2. The highest BCUT2D eigenvalue weighted by Gasteiger charge is 2.17. The summed E-state index contributed by atoms with van der Waals surface area (Å²) in [6.45, 7) is 0.155. The molecule has 4 rings (SSSR count). The average Bonchev–Trinajstić information content (AvgIpc) is 2.70. The SMILES string of the molecule is Nc1cccc(-c2ccc(Cn3cc(C(=O)O)c(=O)c4cccc(F)c43)cn2)c1. The maximum absolute atomic E-state index is 14.5. The molecule has 6 nitrogen and oxygen atoms in total. The Labute approximate surface area is 164 Å². The van der Waals surface area contributed by atoms with E-state index in [0.717, 1.165) is 16.8 Å². The van der Waals surface area contributed by atoms with Crippen LogP contribution in [0.25, 0.3) is 22.2 Å². The van der Waals surface area contributed by atoms with E-state index in [1.54, 1.807) is 12.3 Å². The summed E-state index contributed by atoms with van der Waals surface area (Å²) < 4.78 is 15.9. The highest BCUT2D eigenvalue weighted by atomic mass is 19.1. The molecule has 0 bridgehead atoms. The summed E-state index contributed by atoms with van der Waals surface area (Å²) in [5.41, 5.74) is 7.69. The second-order valence-electron chi connectivity index (χ2n) is 6.62. The predicted octanol–water partition coefficient (Wildman–Crippen LogP) is 3.53. The Hall–Kier alpha value is -4.00. The normalized spacial score (nSPS) is 10.9. The van der Waals surface area contributed by atoms with Crippen LogP contribution < -0.4 is 11.2 Å². The monoisotopic (exact) mass is 389 g/mol. The van der Waals surface area contributed by atoms with E-state index >= 15 is 0 Å². The van der Waals surface area contributed by atoms with Crippen molar-refractivity contribution in [1.82, 2.24) is 9.55 Å². The summed E-state index contributed by atoms with van der Waals surface area (Å²) in [4.78, 5) is 28.2. The summed E-state index contributed by atoms with van der Waals surface area (Å²) in [5, 5.41) is 9.36. The number of carboxylic acid groups (broad SMARTS) is 1. The zero-order valence-electron chi connectivity index (χ0n) is 15.2. The van der Waals surface area contributed by atoms with Crippen molar-refractivity contribution in [2.75, 3.05) is 5.73 Å². The number of hydrogen-bond acceptors (Lipinski definition) is 4. The van der Waals surface area contributed by atoms with E-state index in [9.17, 15) is 19.1 Å². The van der Waals surface area contributed by atoms with Gasteiger partial charge in [0.2, 0.25) is 5.43 Å². The van der Waals surface area contributed by atoms with Gasteiger partial charge in [0.05, 0.1) is 11.2 Å². The summed E-state index contributed by atoms with van der Waals surface area (Å²) in [6.07, 6.45) is 2.80. The van der Waals surface area contributed by atoms with E-state index in [2.05, 4.69) is 4.98 Å². The number of anilines is 1. The molecule has 0 unspecified atom stereocenters. The molecule has 0 aliphatic carbocycles. The molecule has 0 atom stereocenters. The van der Waals surface area contributed by atoms with Crippen LogP contribution in [0.5, 0.6) is 0 Å². The van der Waals surface area contributed by atoms with E-state index in [-0.39, 0.29) is 17.4 Å². The number of nitrogen functional groups attached to an aromatic ring is 1. The molecule has 0 saturated carbocycles. The van der Waals surface area contributed by atoms with Crippen molar-refractivity contribution in [2.24, 2.45) is 0 Å². The van der Waals surface area contributed by atoms with E-state index in [1.807, 2.05) is 30.3 Å². The molecule has 29 heavy (non-hydrogen) atoms. The van der Waals surface area contributed by atoms with E-state index < -0.39 is 22.8 Å². The van der Waals surface area contributed by atoms with Gasteiger partial charge in [-0.1, -0.05) is 24.3 Å². The highest BCUT2D eigenvalue weighted by molar-refractivity contribution is 5.92. The molecule has 0 spiro atoms. The van der Waals surface area contributed by atoms with Gasteiger partial charge < -0.3 is 15.4 Å². The van der Waals surface area contributed by atoms with Gasteiger partial charge in [-0.25, -0.2) is 9.18 Å². The van der Waals surface area contributed by atoms with Crippen molar-refractivity contribution in [2.45, 2.75) is 6.54 Å². The van der Waals surface area contributed by atoms with Gasteiger partial charge in [-0.3, -0.25) is 9.78 Å². The van der Waals surface area contributed by atoms with E-state index in [1.165, 1.54) is 29.0 Å². The van der Waals surface area contributed by atoms with Gasteiger partial charge in [0.15, 0.2) is 0 Å². The maximum atomic E-state index is 14.5. The standard InChI is InChI=1S/C22H16FN3O3/c23-18-6-2-5-16-20(18)26(12-17(21(16)27)22(28)29)11-13-7-8-19(25-10-13)14-3-1-4-15(24)9-14/h1-10,12H,11,24H2,(H,28,29). The van der Waals surface area contributed by atoms with Crippen LogP contribution in [0.2, 0.25) is 0 Å². The molecule has 0 fully saturated rings. The largest absolute Gasteiger partial charge is 0.477 e. The number of para-hydroxylation sites is 1. The van der Waals surface area contributed by atoms with Gasteiger partial charge in [0.25, 0.3) is 0 Å². The van der Waals surface area contributed by atoms with Crippen LogP contribution in [0.3, 0.4) is 0 Å². The van der Waals surface area contributed by atoms with Crippen molar-refractivity contribution >= 4 is 22.6 Å². The zero-order valence-corrected chi connectivity index (χ0v) is 15.2. The lowest BCUT2D eigenvalue weighted by atomic mass is 10.1. The third-order valence-corrected chi connectivity index (χ3v) is 4.64. The molecule has 2 aromatic heterocycles. The van der Waals surface area contributed by atoms with Crippen LogP contribution >= 0.6 is 0 Å². The third-order valence-electron chi connectivity index (χ3n) is 4.64. The number of nitrogens with two attached hydrogens (primary N) is 1. The highest BCUT2D eigenvalue weighted by Crippen LogP contribution is 2.21. The molecule has 0 amide bonds. The second-order valence-corrected chi connectivity index (χ2v) is 6.62. The molecule has 0 saturated heterocycles. The van der Waals surface area contributed by atoms with Gasteiger partial charge in [0.1, 0.15) is 11.4 Å². The second kappa shape index (κ2) is 7.20. The number of aromatic nitrogens is 2. The van der Waals surface area contributed by atoms with Crippen LogP contribution in [0.4, 0.5) is 10.1 Å². The fourth-order valence-corrected chi connectivity index (χ4v) is 3.28. The molecule has 0 aliphatic heterocycles. The van der Waals surface area contributed by atoms with Gasteiger partial charge >= 0.3 is 5.97 Å². The first-order valence-electron chi connectivity index (χ1n) is 8.80. The minimum atomic E-state index is -1.36. The smallest absolute Gasteiger partial charge is 0.341 e. The Balaban J connectivity index is 1.77. The fourth-order valence-electron chi connectivity index (χ4n) is 3.28. The number of carboxylic acids is 1. The van der Waals surface area contributed by atoms with E-state index in [0.29, 0.717) is 5.69 Å². The maximum Gasteiger partial charge on any atom is 0.341 e. The molecule has 2 aromatic carbocycles. The number of aromatic carboxylic acids is 1. The Morgan fingerprint density at radius 2 is 1.93 bits per heavy atom. The molecule has 2 heterocycles. The first-order valence-corrected chi connectivity index (χ1v) is 8.80. The zero-order chi connectivity index (χ0) is 20.5. The molecule has 3 N–H and O–H groups in total. The van der Waals surface area contributed by atoms with E-state index in [4.69, 9.17) is 5.73 Å². The molecule has 0 radical (unpaired) electrons. The topological polar surface area (TPSA) is 98.2 Å². The van der Waals surface area contributed by atoms with Crippen molar-refractivity contribution in [3.05, 3.63) is 94.2 Å². The molecule has 7 heteroatoms. The summed E-state index contributed by atoms with van der Waals surface area (Å²) in [6, 6.07) is 15.0. The molecule has 144 valence electrons. The van der Waals surface area contributed by atoms with Crippen LogP contribution in [-0.2, 0) is 6.54 Å². The molecular formula is C22H16FN3O3. The van der Waals surface area contributed by atoms with Gasteiger partial charge in [0, 0.05) is 35.6 Å². The molecular weight excluding hydrogens is 373 g/mol. The minimum Gasteiger partial charge on any atom is -0.477 e. The lowest BCUT2D eigenvalue weighted by Gasteiger charge is -2.13. The van der Waals surface area contributed by atoms with Crippen molar-refractivity contribution in [3.8, 4) is 11.3 Å². The van der Waals surface area contributed by atoms with Crippen LogP contribution in [-0.4, -0.2) is 20.6 Å². The molecule has 4 aromatic rings. The Kier molecular flexibility index (Phi) is 4.56. The summed E-state index contributed by atoms with van der Waals surface area (Å²) in [5.74, 6) is -1.95.